The number of ether oxygens (including phenoxy) is 1. The monoisotopic (exact) mass is 611 g/mol. The lowest BCUT2D eigenvalue weighted by Gasteiger charge is -2.62. The number of aliphatic hydroxyl groups is 2. The van der Waals surface area contributed by atoms with Gasteiger partial charge in [0.25, 0.3) is 0 Å². The van der Waals surface area contributed by atoms with Gasteiger partial charge in [-0.05, 0) is 73.1 Å². The molecule has 2 bridgehead atoms. The quantitative estimate of drug-likeness (QED) is 0.314. The third-order valence-electron chi connectivity index (χ3n) is 11.0. The maximum Gasteiger partial charge on any atom is 0.335 e. The number of amides is 1. The van der Waals surface area contributed by atoms with E-state index in [1.807, 2.05) is 37.2 Å². The second-order valence-electron chi connectivity index (χ2n) is 14.0. The molecule has 44 heavy (non-hydrogen) atoms. The predicted octanol–water partition coefficient (Wildman–Crippen LogP) is 3.56. The number of fused-ring (bicyclic) bond motifs is 2. The van der Waals surface area contributed by atoms with Crippen LogP contribution < -0.4 is 10.2 Å². The minimum atomic E-state index is -1.00. The SMILES string of the molecule is COC1=C(CN2O[C@@H](CO)[C@@H]([C@H](C)O)[C@H]2C(=O)N[C@H]2C[C@H]3C[C@@H]([C@@H]2C)C3(C)C)C=CCC1c1cc(C(=O)O)cc(N(C)C)c1. The van der Waals surface area contributed by atoms with E-state index < -0.39 is 30.1 Å². The van der Waals surface area contributed by atoms with Gasteiger partial charge in [0.1, 0.15) is 17.9 Å². The normalized spacial score (nSPS) is 33.5. The number of carboxylic acid groups (broad SMARTS) is 1. The zero-order valence-electron chi connectivity index (χ0n) is 27.0. The second kappa shape index (κ2) is 12.5. The fourth-order valence-electron chi connectivity index (χ4n) is 8.32. The zero-order chi connectivity index (χ0) is 32.1. The molecule has 6 rings (SSSR count). The number of nitrogens with zero attached hydrogens (tertiary/aromatic N) is 2. The average Bonchev–Trinajstić information content (AvgIpc) is 3.36. The molecule has 9 atom stereocenters. The van der Waals surface area contributed by atoms with Gasteiger partial charge in [-0.15, -0.1) is 0 Å². The lowest BCUT2D eigenvalue weighted by Crippen LogP contribution is -2.62. The Morgan fingerprint density at radius 1 is 1.23 bits per heavy atom. The summed E-state index contributed by atoms with van der Waals surface area (Å²) in [5.41, 5.74) is 2.85. The number of aliphatic hydroxyl groups excluding tert-OH is 2. The molecule has 10 nitrogen and oxygen atoms in total. The van der Waals surface area contributed by atoms with Crippen molar-refractivity contribution in [3.05, 3.63) is 52.8 Å². The van der Waals surface area contributed by atoms with Crippen molar-refractivity contribution in [3.63, 3.8) is 0 Å². The van der Waals surface area contributed by atoms with Crippen LogP contribution in [0, 0.1) is 29.1 Å². The first-order chi connectivity index (χ1) is 20.8. The number of methoxy groups -OCH3 is 1. The van der Waals surface area contributed by atoms with Crippen molar-refractivity contribution < 1.29 is 34.5 Å². The van der Waals surface area contributed by atoms with E-state index in [2.05, 4.69) is 26.1 Å². The summed E-state index contributed by atoms with van der Waals surface area (Å²) < 4.78 is 5.96. The molecule has 1 unspecified atom stereocenters. The molecular formula is C34H49N3O7. The number of hydrogen-bond acceptors (Lipinski definition) is 8. The molecule has 4 N–H and O–H groups in total. The maximum absolute atomic E-state index is 14.1. The Labute approximate surface area is 260 Å². The van der Waals surface area contributed by atoms with E-state index in [9.17, 15) is 24.9 Å². The molecule has 1 amide bonds. The molecule has 0 radical (unpaired) electrons. The number of carboxylic acids is 1. The first-order valence-corrected chi connectivity index (χ1v) is 15.8. The van der Waals surface area contributed by atoms with E-state index in [1.165, 1.54) is 6.42 Å². The van der Waals surface area contributed by atoms with Gasteiger partial charge in [-0.2, -0.15) is 5.06 Å². The Morgan fingerprint density at radius 3 is 2.52 bits per heavy atom. The first-order valence-electron chi connectivity index (χ1n) is 15.8. The van der Waals surface area contributed by atoms with Gasteiger partial charge in [-0.1, -0.05) is 32.9 Å². The lowest BCUT2D eigenvalue weighted by atomic mass is 9.45. The van der Waals surface area contributed by atoms with Crippen LogP contribution in [0.3, 0.4) is 0 Å². The third kappa shape index (κ3) is 5.77. The summed E-state index contributed by atoms with van der Waals surface area (Å²) in [5, 5.41) is 35.7. The first kappa shape index (κ1) is 32.5. The Balaban J connectivity index is 1.44. The van der Waals surface area contributed by atoms with Crippen LogP contribution in [0.15, 0.2) is 41.7 Å². The molecule has 1 aliphatic heterocycles. The topological polar surface area (TPSA) is 132 Å². The second-order valence-corrected chi connectivity index (χ2v) is 14.0. The van der Waals surface area contributed by atoms with Gasteiger partial charge in [0.2, 0.25) is 5.91 Å². The van der Waals surface area contributed by atoms with E-state index in [0.29, 0.717) is 29.9 Å². The van der Waals surface area contributed by atoms with Crippen molar-refractivity contribution in [1.29, 1.82) is 0 Å². The number of benzene rings is 1. The van der Waals surface area contributed by atoms with Crippen molar-refractivity contribution in [2.75, 3.05) is 39.3 Å². The highest BCUT2D eigenvalue weighted by molar-refractivity contribution is 5.89. The van der Waals surface area contributed by atoms with Crippen molar-refractivity contribution in [1.82, 2.24) is 10.4 Å². The largest absolute Gasteiger partial charge is 0.500 e. The summed E-state index contributed by atoms with van der Waals surface area (Å²) in [5.74, 6) is 0.0564. The standard InChI is InChI=1S/C34H49N3O7/c1-18-26-14-23(34(26,3)4)15-27(18)35-32(40)30-29(19(2)39)28(17-38)44-37(30)16-20-9-8-10-25(31(20)43-7)21-11-22(33(41)42)13-24(12-21)36(5)6/h8-9,11-13,18-19,23,25-30,38-39H,10,14-17H2,1-7H3,(H,35,40)(H,41,42)/t18-,19-,23+,25?,26-,27-,28-,29+,30-/m0/s1. The molecule has 4 fully saturated rings. The molecule has 10 heteroatoms. The molecule has 0 aromatic heterocycles. The summed E-state index contributed by atoms with van der Waals surface area (Å²) in [4.78, 5) is 34.1. The molecule has 4 aliphatic carbocycles. The van der Waals surface area contributed by atoms with Gasteiger partial charge in [0.05, 0.1) is 31.9 Å². The number of carbonyl (C=O) groups is 2. The van der Waals surface area contributed by atoms with E-state index in [-0.39, 0.29) is 42.0 Å². The Bertz CT molecular complexity index is 1320. The van der Waals surface area contributed by atoms with Crippen LogP contribution >= 0.6 is 0 Å². The van der Waals surface area contributed by atoms with E-state index in [4.69, 9.17) is 9.57 Å². The van der Waals surface area contributed by atoms with Gasteiger partial charge in [0, 0.05) is 43.2 Å². The fourth-order valence-corrected chi connectivity index (χ4v) is 8.32. The molecule has 0 spiro atoms. The summed E-state index contributed by atoms with van der Waals surface area (Å²) in [6.07, 6.45) is 5.08. The van der Waals surface area contributed by atoms with Crippen molar-refractivity contribution >= 4 is 17.6 Å². The summed E-state index contributed by atoms with van der Waals surface area (Å²) >= 11 is 0. The highest BCUT2D eigenvalue weighted by Crippen LogP contribution is 2.61. The summed E-state index contributed by atoms with van der Waals surface area (Å²) in [7, 11) is 5.33. The fraction of sp³-hybridized carbons (Fsp3) is 0.647. The Kier molecular flexibility index (Phi) is 9.20. The molecular weight excluding hydrogens is 562 g/mol. The zero-order valence-corrected chi connectivity index (χ0v) is 27.0. The van der Waals surface area contributed by atoms with E-state index in [0.717, 1.165) is 23.2 Å². The van der Waals surface area contributed by atoms with Crippen LogP contribution in [0.25, 0.3) is 0 Å². The van der Waals surface area contributed by atoms with Gasteiger partial charge in [0.15, 0.2) is 0 Å². The number of hydroxylamine groups is 2. The molecule has 3 saturated carbocycles. The van der Waals surface area contributed by atoms with Crippen molar-refractivity contribution in [2.24, 2.45) is 29.1 Å². The lowest BCUT2D eigenvalue weighted by molar-refractivity contribution is -0.173. The smallest absolute Gasteiger partial charge is 0.335 e. The predicted molar refractivity (Wildman–Crippen MR) is 167 cm³/mol. The van der Waals surface area contributed by atoms with Gasteiger partial charge in [-0.25, -0.2) is 4.79 Å². The average molecular weight is 612 g/mol. The summed E-state index contributed by atoms with van der Waals surface area (Å²) in [6.45, 7) is 8.36. The molecule has 1 aromatic rings. The van der Waals surface area contributed by atoms with Gasteiger partial charge >= 0.3 is 5.97 Å². The van der Waals surface area contributed by atoms with Crippen LogP contribution in [-0.2, 0) is 14.4 Å². The number of nitrogens with one attached hydrogen (secondary N) is 1. The summed E-state index contributed by atoms with van der Waals surface area (Å²) in [6, 6.07) is 4.52. The van der Waals surface area contributed by atoms with Gasteiger partial charge < -0.3 is 30.3 Å². The Morgan fingerprint density at radius 2 is 1.95 bits per heavy atom. The van der Waals surface area contributed by atoms with Gasteiger partial charge in [-0.3, -0.25) is 9.63 Å². The molecule has 242 valence electrons. The Hall–Kier alpha value is -2.92. The molecule has 1 saturated heterocycles. The highest BCUT2D eigenvalue weighted by Gasteiger charge is 2.57. The van der Waals surface area contributed by atoms with Crippen molar-refractivity contribution in [3.8, 4) is 0 Å². The third-order valence-corrected chi connectivity index (χ3v) is 11.0. The van der Waals surface area contributed by atoms with Crippen LogP contribution in [0.2, 0.25) is 0 Å². The van der Waals surface area contributed by atoms with Crippen LogP contribution in [0.4, 0.5) is 5.69 Å². The van der Waals surface area contributed by atoms with Crippen LogP contribution in [-0.4, -0.2) is 90.9 Å². The van der Waals surface area contributed by atoms with Crippen molar-refractivity contribution in [2.45, 2.75) is 77.2 Å². The van der Waals surface area contributed by atoms with Crippen LogP contribution in [0.1, 0.15) is 68.8 Å². The molecule has 1 heterocycles. The van der Waals surface area contributed by atoms with E-state index in [1.54, 1.807) is 31.2 Å². The minimum absolute atomic E-state index is 0.0454. The highest BCUT2D eigenvalue weighted by atomic mass is 16.7. The number of aromatic carboxylic acids is 1. The maximum atomic E-state index is 14.1. The molecule has 1 aromatic carbocycles. The van der Waals surface area contributed by atoms with Crippen LogP contribution in [0.5, 0.6) is 0 Å². The minimum Gasteiger partial charge on any atom is -0.500 e. The number of allylic oxidation sites excluding steroid dienone is 2. The molecule has 5 aliphatic rings. The number of carbonyl (C=O) groups excluding carboxylic acids is 1. The number of anilines is 1. The number of rotatable bonds is 10. The van der Waals surface area contributed by atoms with E-state index >= 15 is 0 Å². The number of hydrogen-bond donors (Lipinski definition) is 4.